The Bertz CT molecular complexity index is 413. The molecule has 0 bridgehead atoms. The Morgan fingerprint density at radius 3 is 2.45 bits per heavy atom. The van der Waals surface area contributed by atoms with Crippen molar-refractivity contribution in [3.05, 3.63) is 11.1 Å². The number of carbonyl (C=O) groups excluding carboxylic acids is 2. The first-order chi connectivity index (χ1) is 9.22. The van der Waals surface area contributed by atoms with Crippen LogP contribution in [-0.2, 0) is 9.59 Å². The summed E-state index contributed by atoms with van der Waals surface area (Å²) < 4.78 is 0. The normalized spacial score (nSPS) is 24.9. The fourth-order valence-electron chi connectivity index (χ4n) is 2.60. The van der Waals surface area contributed by atoms with Crippen molar-refractivity contribution >= 4 is 23.4 Å². The summed E-state index contributed by atoms with van der Waals surface area (Å²) in [5.74, 6) is -0.0813. The molecule has 5 heteroatoms. The summed E-state index contributed by atoms with van der Waals surface area (Å²) in [6.45, 7) is 10.2. The molecule has 20 heavy (non-hydrogen) atoms. The molecule has 1 heterocycles. The van der Waals surface area contributed by atoms with Crippen molar-refractivity contribution in [1.82, 2.24) is 10.2 Å². The van der Waals surface area contributed by atoms with E-state index in [0.717, 1.165) is 12.0 Å². The van der Waals surface area contributed by atoms with Crippen molar-refractivity contribution in [3.8, 4) is 0 Å². The summed E-state index contributed by atoms with van der Waals surface area (Å²) in [5, 5.41) is 2.86. The topological polar surface area (TPSA) is 49.4 Å². The summed E-state index contributed by atoms with van der Waals surface area (Å²) in [6.07, 6.45) is 1.52. The third-order valence-electron chi connectivity index (χ3n) is 3.46. The van der Waals surface area contributed by atoms with Crippen molar-refractivity contribution in [3.63, 3.8) is 0 Å². The molecule has 0 aromatic heterocycles. The Morgan fingerprint density at radius 1 is 1.40 bits per heavy atom. The highest BCUT2D eigenvalue weighted by atomic mass is 35.5. The first-order valence-corrected chi connectivity index (χ1v) is 7.52. The third kappa shape index (κ3) is 3.75. The number of carbonyl (C=O) groups is 2. The number of nitrogens with zero attached hydrogens (tertiary/aromatic N) is 1. The zero-order valence-corrected chi connectivity index (χ0v) is 13.8. The van der Waals surface area contributed by atoms with Crippen LogP contribution in [0.5, 0.6) is 0 Å². The van der Waals surface area contributed by atoms with Gasteiger partial charge in [0.15, 0.2) is 0 Å². The smallest absolute Gasteiger partial charge is 0.246 e. The van der Waals surface area contributed by atoms with E-state index in [0.29, 0.717) is 13.0 Å². The van der Waals surface area contributed by atoms with E-state index in [9.17, 15) is 9.59 Å². The average Bonchev–Trinajstić information content (AvgIpc) is 2.33. The summed E-state index contributed by atoms with van der Waals surface area (Å²) in [4.78, 5) is 26.7. The van der Waals surface area contributed by atoms with Gasteiger partial charge in [-0.2, -0.15) is 0 Å². The Kier molecular flexibility index (Phi) is 5.63. The molecule has 2 atom stereocenters. The Balaban J connectivity index is 3.10. The molecule has 114 valence electrons. The van der Waals surface area contributed by atoms with Gasteiger partial charge in [-0.3, -0.25) is 9.59 Å². The molecular weight excluding hydrogens is 276 g/mol. The fourth-order valence-corrected chi connectivity index (χ4v) is 2.67. The predicted molar refractivity (Wildman–Crippen MR) is 81.4 cm³/mol. The monoisotopic (exact) mass is 300 g/mol. The van der Waals surface area contributed by atoms with Gasteiger partial charge in [-0.25, -0.2) is 0 Å². The van der Waals surface area contributed by atoms with Crippen LogP contribution in [0.15, 0.2) is 11.1 Å². The van der Waals surface area contributed by atoms with Crippen LogP contribution in [0.2, 0.25) is 0 Å². The van der Waals surface area contributed by atoms with E-state index in [1.165, 1.54) is 5.54 Å². The van der Waals surface area contributed by atoms with Crippen LogP contribution in [0.1, 0.15) is 47.5 Å². The molecule has 1 aliphatic heterocycles. The number of piperazine rings is 1. The van der Waals surface area contributed by atoms with E-state index in [1.807, 2.05) is 34.6 Å². The quantitative estimate of drug-likeness (QED) is 0.868. The lowest BCUT2D eigenvalue weighted by Gasteiger charge is -2.44. The number of amides is 2. The highest BCUT2D eigenvalue weighted by Crippen LogP contribution is 2.29. The summed E-state index contributed by atoms with van der Waals surface area (Å²) in [7, 11) is 0. The molecule has 2 amide bonds. The van der Waals surface area contributed by atoms with Crippen molar-refractivity contribution in [1.29, 1.82) is 0 Å². The minimum Gasteiger partial charge on any atom is -0.342 e. The van der Waals surface area contributed by atoms with Crippen LogP contribution < -0.4 is 5.32 Å². The number of nitrogens with one attached hydrogen (secondary N) is 1. The van der Waals surface area contributed by atoms with Gasteiger partial charge in [0, 0.05) is 12.1 Å². The van der Waals surface area contributed by atoms with Gasteiger partial charge in [-0.15, -0.1) is 0 Å². The minimum absolute atomic E-state index is 0.00996. The highest BCUT2D eigenvalue weighted by Gasteiger charge is 2.45. The maximum atomic E-state index is 12.6. The zero-order chi connectivity index (χ0) is 15.5. The van der Waals surface area contributed by atoms with Crippen molar-refractivity contribution in [2.24, 2.45) is 5.41 Å². The van der Waals surface area contributed by atoms with Gasteiger partial charge in [0.2, 0.25) is 11.8 Å². The van der Waals surface area contributed by atoms with Crippen LogP contribution in [0.25, 0.3) is 0 Å². The molecule has 1 fully saturated rings. The lowest BCUT2D eigenvalue weighted by molar-refractivity contribution is -0.153. The lowest BCUT2D eigenvalue weighted by Crippen LogP contribution is -2.66. The molecule has 1 saturated heterocycles. The van der Waals surface area contributed by atoms with Crippen molar-refractivity contribution in [2.75, 3.05) is 6.54 Å². The average molecular weight is 301 g/mol. The summed E-state index contributed by atoms with van der Waals surface area (Å²) in [6, 6.07) is -0.871. The van der Waals surface area contributed by atoms with Crippen LogP contribution in [0.3, 0.4) is 0 Å². The maximum Gasteiger partial charge on any atom is 0.246 e. The van der Waals surface area contributed by atoms with E-state index < -0.39 is 12.1 Å². The van der Waals surface area contributed by atoms with Crippen molar-refractivity contribution < 1.29 is 9.59 Å². The largest absolute Gasteiger partial charge is 0.342 e. The number of hydrogen-bond donors (Lipinski definition) is 1. The van der Waals surface area contributed by atoms with Crippen molar-refractivity contribution in [2.45, 2.75) is 59.5 Å². The maximum absolute atomic E-state index is 12.6. The van der Waals surface area contributed by atoms with Gasteiger partial charge in [0.25, 0.3) is 0 Å². The predicted octanol–water partition coefficient (Wildman–Crippen LogP) is 2.67. The van der Waals surface area contributed by atoms with Gasteiger partial charge in [-0.1, -0.05) is 45.7 Å². The first kappa shape index (κ1) is 17.0. The van der Waals surface area contributed by atoms with E-state index in [4.69, 9.17) is 11.6 Å². The number of rotatable bonds is 4. The Labute approximate surface area is 126 Å². The molecule has 2 unspecified atom stereocenters. The summed E-state index contributed by atoms with van der Waals surface area (Å²) in [5.41, 5.74) is 2.02. The lowest BCUT2D eigenvalue weighted by atomic mass is 9.82. The second kappa shape index (κ2) is 6.61. The zero-order valence-electron chi connectivity index (χ0n) is 13.0. The van der Waals surface area contributed by atoms with E-state index in [1.54, 1.807) is 4.90 Å². The minimum atomic E-state index is -0.463. The molecule has 0 saturated carbocycles. The standard InChI is InChI=1S/C15H25ClN2O2/c1-6-7-11-14(20)18(9-10(2)8-16)12(13(19)17-11)15(3,4)5/h8,11-12H,6-7,9H2,1-5H3,(H,17,19). The number of halogens is 1. The van der Waals surface area contributed by atoms with Crippen LogP contribution >= 0.6 is 11.6 Å². The number of hydrogen-bond acceptors (Lipinski definition) is 2. The van der Waals surface area contributed by atoms with Crippen LogP contribution in [0, 0.1) is 5.41 Å². The van der Waals surface area contributed by atoms with Crippen LogP contribution in [0.4, 0.5) is 0 Å². The van der Waals surface area contributed by atoms with Crippen LogP contribution in [-0.4, -0.2) is 35.3 Å². The molecule has 1 rings (SSSR count). The van der Waals surface area contributed by atoms with Gasteiger partial charge in [0.05, 0.1) is 0 Å². The van der Waals surface area contributed by atoms with Gasteiger partial charge < -0.3 is 10.2 Å². The highest BCUT2D eigenvalue weighted by molar-refractivity contribution is 6.25. The third-order valence-corrected chi connectivity index (χ3v) is 3.83. The van der Waals surface area contributed by atoms with Gasteiger partial charge in [-0.05, 0) is 24.3 Å². The fraction of sp³-hybridized carbons (Fsp3) is 0.733. The molecule has 0 aromatic rings. The van der Waals surface area contributed by atoms with Gasteiger partial charge >= 0.3 is 0 Å². The van der Waals surface area contributed by atoms with E-state index in [2.05, 4.69) is 5.32 Å². The second-order valence-corrected chi connectivity index (χ2v) is 6.76. The van der Waals surface area contributed by atoms with E-state index in [-0.39, 0.29) is 17.2 Å². The Hall–Kier alpha value is -1.03. The molecule has 1 N–H and O–H groups in total. The molecule has 0 aromatic carbocycles. The molecule has 1 aliphatic rings. The molecular formula is C15H25ClN2O2. The SMILES string of the molecule is CCCC1NC(=O)C(C(C)(C)C)N(CC(C)=CCl)C1=O. The Morgan fingerprint density at radius 2 is 2.00 bits per heavy atom. The molecule has 0 spiro atoms. The molecule has 4 nitrogen and oxygen atoms in total. The van der Waals surface area contributed by atoms with E-state index >= 15 is 0 Å². The van der Waals surface area contributed by atoms with Gasteiger partial charge in [0.1, 0.15) is 12.1 Å². The first-order valence-electron chi connectivity index (χ1n) is 7.09. The molecule has 0 radical (unpaired) electrons. The summed E-state index contributed by atoms with van der Waals surface area (Å²) >= 11 is 5.71. The second-order valence-electron chi connectivity index (χ2n) is 6.54. The molecule has 0 aliphatic carbocycles.